The quantitative estimate of drug-likeness (QED) is 0.476. The predicted octanol–water partition coefficient (Wildman–Crippen LogP) is 4.29. The molecule has 1 fully saturated rings. The number of Topliss-reactive ketones (excluding diaryl/α,β-unsaturated/α-hetero) is 1. The van der Waals surface area contributed by atoms with Gasteiger partial charge >= 0.3 is 0 Å². The topological polar surface area (TPSA) is 26.3 Å². The molecule has 0 saturated heterocycles. The Morgan fingerprint density at radius 1 is 1.33 bits per heavy atom. The largest absolute Gasteiger partial charge is 0.370 e. The fraction of sp³-hybridized carbons (Fsp3) is 0.812. The molecule has 0 aromatic rings. The Morgan fingerprint density at radius 3 is 2.56 bits per heavy atom. The van der Waals surface area contributed by atoms with Crippen LogP contribution in [0, 0.1) is 5.92 Å². The van der Waals surface area contributed by atoms with Crippen LogP contribution in [0.5, 0.6) is 0 Å². The first kappa shape index (κ1) is 15.4. The second-order valence-corrected chi connectivity index (χ2v) is 5.69. The molecule has 0 spiro atoms. The Hall–Kier alpha value is -0.630. The highest BCUT2D eigenvalue weighted by Crippen LogP contribution is 2.36. The molecule has 0 radical (unpaired) electrons. The van der Waals surface area contributed by atoms with Crippen molar-refractivity contribution in [2.45, 2.75) is 70.3 Å². The van der Waals surface area contributed by atoms with Gasteiger partial charge in [-0.2, -0.15) is 0 Å². The Kier molecular flexibility index (Phi) is 6.62. The van der Waals surface area contributed by atoms with Gasteiger partial charge in [0.25, 0.3) is 0 Å². The van der Waals surface area contributed by atoms with Crippen LogP contribution in [0.1, 0.15) is 64.7 Å². The van der Waals surface area contributed by atoms with E-state index < -0.39 is 5.60 Å². The fourth-order valence-corrected chi connectivity index (χ4v) is 2.80. The van der Waals surface area contributed by atoms with Gasteiger partial charge in [0.2, 0.25) is 0 Å². The van der Waals surface area contributed by atoms with Gasteiger partial charge in [-0.1, -0.05) is 19.4 Å². The summed E-state index contributed by atoms with van der Waals surface area (Å²) in [7, 11) is 1.70. The molecule has 0 heterocycles. The van der Waals surface area contributed by atoms with E-state index in [1.165, 1.54) is 0 Å². The molecule has 1 saturated carbocycles. The van der Waals surface area contributed by atoms with E-state index in [0.717, 1.165) is 57.3 Å². The molecule has 0 N–H and O–H groups in total. The van der Waals surface area contributed by atoms with Gasteiger partial charge in [-0.3, -0.25) is 4.79 Å². The van der Waals surface area contributed by atoms with Gasteiger partial charge in [0.05, 0.1) is 0 Å². The van der Waals surface area contributed by atoms with Crippen molar-refractivity contribution in [3.8, 4) is 0 Å². The Balaban J connectivity index is 2.35. The highest BCUT2D eigenvalue weighted by atomic mass is 16.5. The lowest BCUT2D eigenvalue weighted by Crippen LogP contribution is -2.43. The summed E-state index contributed by atoms with van der Waals surface area (Å²) in [6.45, 7) is 5.97. The van der Waals surface area contributed by atoms with Crippen LogP contribution in [-0.4, -0.2) is 18.5 Å². The second-order valence-electron chi connectivity index (χ2n) is 5.69. The summed E-state index contributed by atoms with van der Waals surface area (Å²) in [6, 6.07) is 0. The molecule has 0 aromatic carbocycles. The lowest BCUT2D eigenvalue weighted by Gasteiger charge is -2.37. The molecular formula is C16H28O2. The van der Waals surface area contributed by atoms with Crippen molar-refractivity contribution >= 4 is 5.78 Å². The third kappa shape index (κ3) is 4.24. The standard InChI is InChI=1S/C16H28O2/c1-4-5-6-7-8-9-15(17)16(18-3)12-10-14(2)11-13-16/h4,14H,1,5-13H2,2-3H3. The first-order chi connectivity index (χ1) is 8.64. The summed E-state index contributed by atoms with van der Waals surface area (Å²) in [5.74, 6) is 1.07. The average molecular weight is 252 g/mol. The minimum absolute atomic E-state index is 0.329. The molecule has 0 aromatic heterocycles. The van der Waals surface area contributed by atoms with Crippen molar-refractivity contribution in [1.29, 1.82) is 0 Å². The Labute approximate surface area is 112 Å². The summed E-state index contributed by atoms with van der Waals surface area (Å²) < 4.78 is 5.60. The maximum absolute atomic E-state index is 12.3. The lowest BCUT2D eigenvalue weighted by atomic mass is 9.76. The minimum Gasteiger partial charge on any atom is -0.370 e. The molecule has 2 nitrogen and oxygen atoms in total. The van der Waals surface area contributed by atoms with Gasteiger partial charge in [0.15, 0.2) is 5.78 Å². The number of ether oxygens (including phenoxy) is 1. The van der Waals surface area contributed by atoms with E-state index in [-0.39, 0.29) is 0 Å². The van der Waals surface area contributed by atoms with Gasteiger partial charge < -0.3 is 4.74 Å². The summed E-state index contributed by atoms with van der Waals surface area (Å²) in [5, 5.41) is 0. The molecule has 1 rings (SSSR count). The number of hydrogen-bond donors (Lipinski definition) is 0. The number of ketones is 1. The molecule has 0 atom stereocenters. The van der Waals surface area contributed by atoms with E-state index in [1.54, 1.807) is 7.11 Å². The average Bonchev–Trinajstić information content (AvgIpc) is 2.39. The van der Waals surface area contributed by atoms with Crippen molar-refractivity contribution in [1.82, 2.24) is 0 Å². The van der Waals surface area contributed by atoms with Gasteiger partial charge in [0.1, 0.15) is 5.60 Å². The van der Waals surface area contributed by atoms with Gasteiger partial charge in [-0.25, -0.2) is 0 Å². The van der Waals surface area contributed by atoms with Crippen molar-refractivity contribution in [3.05, 3.63) is 12.7 Å². The molecule has 0 amide bonds. The molecule has 104 valence electrons. The number of allylic oxidation sites excluding steroid dienone is 1. The number of rotatable bonds is 8. The van der Waals surface area contributed by atoms with E-state index in [2.05, 4.69) is 13.5 Å². The zero-order chi connectivity index (χ0) is 13.4. The highest BCUT2D eigenvalue weighted by Gasteiger charge is 2.40. The molecule has 0 unspecified atom stereocenters. The van der Waals surface area contributed by atoms with E-state index in [4.69, 9.17) is 4.74 Å². The Bertz CT molecular complexity index is 262. The van der Waals surface area contributed by atoms with Crippen LogP contribution >= 0.6 is 0 Å². The monoisotopic (exact) mass is 252 g/mol. The lowest BCUT2D eigenvalue weighted by molar-refractivity contribution is -0.146. The molecule has 1 aliphatic rings. The maximum atomic E-state index is 12.3. The van der Waals surface area contributed by atoms with Crippen molar-refractivity contribution in [3.63, 3.8) is 0 Å². The van der Waals surface area contributed by atoms with Crippen LogP contribution in [0.2, 0.25) is 0 Å². The zero-order valence-electron chi connectivity index (χ0n) is 12.0. The van der Waals surface area contributed by atoms with Crippen LogP contribution in [0.4, 0.5) is 0 Å². The van der Waals surface area contributed by atoms with Crippen molar-refractivity contribution < 1.29 is 9.53 Å². The first-order valence-corrected chi connectivity index (χ1v) is 7.34. The molecule has 1 aliphatic carbocycles. The SMILES string of the molecule is C=CCCCCCC(=O)C1(OC)CCC(C)CC1. The van der Waals surface area contributed by atoms with E-state index in [0.29, 0.717) is 12.2 Å². The third-order valence-electron chi connectivity index (χ3n) is 4.29. The number of unbranched alkanes of at least 4 members (excludes halogenated alkanes) is 3. The highest BCUT2D eigenvalue weighted by molar-refractivity contribution is 5.87. The molecule has 18 heavy (non-hydrogen) atoms. The smallest absolute Gasteiger partial charge is 0.164 e. The van der Waals surface area contributed by atoms with E-state index in [1.807, 2.05) is 6.08 Å². The number of hydrogen-bond acceptors (Lipinski definition) is 2. The number of methoxy groups -OCH3 is 1. The van der Waals surface area contributed by atoms with Crippen LogP contribution < -0.4 is 0 Å². The van der Waals surface area contributed by atoms with Gasteiger partial charge in [-0.15, -0.1) is 6.58 Å². The fourth-order valence-electron chi connectivity index (χ4n) is 2.80. The molecule has 0 aliphatic heterocycles. The van der Waals surface area contributed by atoms with Crippen LogP contribution in [-0.2, 0) is 9.53 Å². The maximum Gasteiger partial charge on any atom is 0.164 e. The minimum atomic E-state index is -0.453. The molecule has 2 heteroatoms. The Morgan fingerprint density at radius 2 is 2.00 bits per heavy atom. The summed E-state index contributed by atoms with van der Waals surface area (Å²) in [5.41, 5.74) is -0.453. The van der Waals surface area contributed by atoms with Crippen molar-refractivity contribution in [2.24, 2.45) is 5.92 Å². The molecule has 0 bridgehead atoms. The second kappa shape index (κ2) is 7.73. The zero-order valence-corrected chi connectivity index (χ0v) is 12.0. The summed E-state index contributed by atoms with van der Waals surface area (Å²) >= 11 is 0. The first-order valence-electron chi connectivity index (χ1n) is 7.34. The van der Waals surface area contributed by atoms with Gasteiger partial charge in [0, 0.05) is 13.5 Å². The van der Waals surface area contributed by atoms with Gasteiger partial charge in [-0.05, 0) is 50.9 Å². The summed E-state index contributed by atoms with van der Waals surface area (Å²) in [6.07, 6.45) is 11.0. The van der Waals surface area contributed by atoms with Crippen molar-refractivity contribution in [2.75, 3.05) is 7.11 Å². The number of carbonyl (C=O) groups is 1. The normalized spacial score (nSPS) is 28.0. The summed E-state index contributed by atoms with van der Waals surface area (Å²) in [4.78, 5) is 12.3. The number of carbonyl (C=O) groups excluding carboxylic acids is 1. The molecular weight excluding hydrogens is 224 g/mol. The van der Waals surface area contributed by atoms with Crippen LogP contribution in [0.25, 0.3) is 0 Å². The van der Waals surface area contributed by atoms with E-state index >= 15 is 0 Å². The van der Waals surface area contributed by atoms with Crippen LogP contribution in [0.15, 0.2) is 12.7 Å². The predicted molar refractivity (Wildman–Crippen MR) is 75.7 cm³/mol. The third-order valence-corrected chi connectivity index (χ3v) is 4.29. The van der Waals surface area contributed by atoms with Crippen LogP contribution in [0.3, 0.4) is 0 Å². The van der Waals surface area contributed by atoms with E-state index in [9.17, 15) is 4.79 Å².